The number of nitrogens with two attached hydrogens (primary N) is 1. The maximum atomic E-state index is 5.69. The molecule has 1 unspecified atom stereocenters. The number of aryl methyl sites for hydroxylation is 1. The molecule has 3 N–H and O–H groups in total. The molecular weight excluding hydrogens is 224 g/mol. The Morgan fingerprint density at radius 1 is 1.33 bits per heavy atom. The normalized spacial score (nSPS) is 19.3. The number of hydrazine groups is 1. The fourth-order valence-electron chi connectivity index (χ4n) is 2.71. The predicted molar refractivity (Wildman–Crippen MR) is 74.2 cm³/mol. The van der Waals surface area contributed by atoms with Crippen molar-refractivity contribution in [1.82, 2.24) is 5.43 Å². The highest BCUT2D eigenvalue weighted by Crippen LogP contribution is 2.39. The Labute approximate surface area is 110 Å². The molecule has 0 spiro atoms. The molecule has 0 saturated heterocycles. The summed E-state index contributed by atoms with van der Waals surface area (Å²) in [6.45, 7) is 2.11. The molecule has 0 radical (unpaired) electrons. The topological polar surface area (TPSA) is 47.3 Å². The number of benzene rings is 1. The van der Waals surface area contributed by atoms with Gasteiger partial charge < -0.3 is 4.74 Å². The second kappa shape index (κ2) is 5.83. The first kappa shape index (κ1) is 13.5. The van der Waals surface area contributed by atoms with Gasteiger partial charge >= 0.3 is 0 Å². The van der Waals surface area contributed by atoms with Crippen molar-refractivity contribution in [2.45, 2.75) is 50.7 Å². The van der Waals surface area contributed by atoms with Crippen LogP contribution in [0.3, 0.4) is 0 Å². The fourth-order valence-corrected chi connectivity index (χ4v) is 2.71. The standard InChI is InChI=1S/C15H24N2O/c1-12-4-6-13(7-5-12)10-14(17-16)11-15(18-2)8-3-9-15/h4-7,14,17H,3,8-11,16H2,1-2H3. The SMILES string of the molecule is COC1(CC(Cc2ccc(C)cc2)NN)CCC1. The van der Waals surface area contributed by atoms with Crippen molar-refractivity contribution >= 4 is 0 Å². The molecule has 100 valence electrons. The third-order valence-corrected chi connectivity index (χ3v) is 4.15. The molecular formula is C15H24N2O. The van der Waals surface area contributed by atoms with E-state index >= 15 is 0 Å². The number of methoxy groups -OCH3 is 1. The summed E-state index contributed by atoms with van der Waals surface area (Å²) in [6.07, 6.45) is 5.55. The minimum atomic E-state index is 0.0712. The zero-order chi connectivity index (χ0) is 13.0. The molecule has 1 fully saturated rings. The number of hydrogen-bond donors (Lipinski definition) is 2. The predicted octanol–water partition coefficient (Wildman–Crippen LogP) is 2.33. The van der Waals surface area contributed by atoms with Gasteiger partial charge in [0, 0.05) is 13.2 Å². The number of rotatable bonds is 6. The summed E-state index contributed by atoms with van der Waals surface area (Å²) >= 11 is 0. The smallest absolute Gasteiger partial charge is 0.0694 e. The van der Waals surface area contributed by atoms with Crippen molar-refractivity contribution in [3.05, 3.63) is 35.4 Å². The van der Waals surface area contributed by atoms with Crippen molar-refractivity contribution in [1.29, 1.82) is 0 Å². The van der Waals surface area contributed by atoms with E-state index in [2.05, 4.69) is 36.6 Å². The van der Waals surface area contributed by atoms with E-state index in [1.165, 1.54) is 17.5 Å². The Balaban J connectivity index is 1.94. The Bertz CT molecular complexity index is 365. The summed E-state index contributed by atoms with van der Waals surface area (Å²) in [5, 5.41) is 0. The van der Waals surface area contributed by atoms with Gasteiger partial charge in [-0.15, -0.1) is 0 Å². The molecule has 1 saturated carbocycles. The zero-order valence-corrected chi connectivity index (χ0v) is 11.4. The first-order valence-electron chi connectivity index (χ1n) is 6.74. The van der Waals surface area contributed by atoms with Crippen LogP contribution in [0.1, 0.15) is 36.8 Å². The highest BCUT2D eigenvalue weighted by atomic mass is 16.5. The highest BCUT2D eigenvalue weighted by molar-refractivity contribution is 5.22. The molecule has 0 bridgehead atoms. The number of nitrogens with one attached hydrogen (secondary N) is 1. The Kier molecular flexibility index (Phi) is 4.38. The van der Waals surface area contributed by atoms with Crippen molar-refractivity contribution in [2.24, 2.45) is 5.84 Å². The van der Waals surface area contributed by atoms with Crippen LogP contribution in [0, 0.1) is 6.92 Å². The van der Waals surface area contributed by atoms with Gasteiger partial charge in [0.2, 0.25) is 0 Å². The van der Waals surface area contributed by atoms with Crippen molar-refractivity contribution < 1.29 is 4.74 Å². The Hall–Kier alpha value is -0.900. The molecule has 1 aromatic rings. The lowest BCUT2D eigenvalue weighted by Gasteiger charge is -2.42. The lowest BCUT2D eigenvalue weighted by atomic mass is 9.75. The van der Waals surface area contributed by atoms with Crippen molar-refractivity contribution in [2.75, 3.05) is 7.11 Å². The summed E-state index contributed by atoms with van der Waals surface area (Å²) < 4.78 is 5.67. The lowest BCUT2D eigenvalue weighted by molar-refractivity contribution is -0.0834. The van der Waals surface area contributed by atoms with Gasteiger partial charge in [-0.25, -0.2) is 0 Å². The monoisotopic (exact) mass is 248 g/mol. The first-order chi connectivity index (χ1) is 8.67. The van der Waals surface area contributed by atoms with Crippen LogP contribution >= 0.6 is 0 Å². The first-order valence-corrected chi connectivity index (χ1v) is 6.74. The molecule has 1 aliphatic carbocycles. The Morgan fingerprint density at radius 2 is 2.00 bits per heavy atom. The van der Waals surface area contributed by atoms with E-state index in [-0.39, 0.29) is 11.6 Å². The molecule has 18 heavy (non-hydrogen) atoms. The average molecular weight is 248 g/mol. The van der Waals surface area contributed by atoms with Crippen LogP contribution in [0.15, 0.2) is 24.3 Å². The van der Waals surface area contributed by atoms with E-state index < -0.39 is 0 Å². The molecule has 0 amide bonds. The van der Waals surface area contributed by atoms with Crippen LogP contribution in [0.25, 0.3) is 0 Å². The van der Waals surface area contributed by atoms with E-state index in [0.717, 1.165) is 25.7 Å². The van der Waals surface area contributed by atoms with Crippen LogP contribution in [0.5, 0.6) is 0 Å². The summed E-state index contributed by atoms with van der Waals surface area (Å²) in [5.41, 5.74) is 5.64. The molecule has 0 aliphatic heterocycles. The molecule has 0 aromatic heterocycles. The maximum absolute atomic E-state index is 5.69. The van der Waals surface area contributed by atoms with Crippen molar-refractivity contribution in [3.8, 4) is 0 Å². The van der Waals surface area contributed by atoms with Crippen LogP contribution < -0.4 is 11.3 Å². The van der Waals surface area contributed by atoms with Gasteiger partial charge in [-0.1, -0.05) is 29.8 Å². The average Bonchev–Trinajstić information content (AvgIpc) is 2.35. The molecule has 0 heterocycles. The van der Waals surface area contributed by atoms with Crippen LogP contribution in [-0.2, 0) is 11.2 Å². The van der Waals surface area contributed by atoms with E-state index in [4.69, 9.17) is 10.6 Å². The van der Waals surface area contributed by atoms with Gasteiger partial charge in [-0.3, -0.25) is 11.3 Å². The quantitative estimate of drug-likeness (QED) is 0.600. The second-order valence-corrected chi connectivity index (χ2v) is 5.50. The summed E-state index contributed by atoms with van der Waals surface area (Å²) in [6, 6.07) is 8.95. The van der Waals surface area contributed by atoms with Gasteiger partial charge in [0.15, 0.2) is 0 Å². The second-order valence-electron chi connectivity index (χ2n) is 5.50. The minimum Gasteiger partial charge on any atom is -0.378 e. The molecule has 1 aliphatic rings. The van der Waals surface area contributed by atoms with E-state index in [1.807, 2.05) is 7.11 Å². The van der Waals surface area contributed by atoms with Crippen LogP contribution in [0.4, 0.5) is 0 Å². The molecule has 3 nitrogen and oxygen atoms in total. The van der Waals surface area contributed by atoms with Crippen molar-refractivity contribution in [3.63, 3.8) is 0 Å². The molecule has 2 rings (SSSR count). The number of hydrogen-bond acceptors (Lipinski definition) is 3. The van der Waals surface area contributed by atoms with Gasteiger partial charge in [0.1, 0.15) is 0 Å². The van der Waals surface area contributed by atoms with Crippen LogP contribution in [-0.4, -0.2) is 18.8 Å². The fraction of sp³-hybridized carbons (Fsp3) is 0.600. The third-order valence-electron chi connectivity index (χ3n) is 4.15. The molecule has 1 aromatic carbocycles. The zero-order valence-electron chi connectivity index (χ0n) is 11.4. The molecule has 3 heteroatoms. The van der Waals surface area contributed by atoms with Gasteiger partial charge in [-0.05, 0) is 44.6 Å². The summed E-state index contributed by atoms with van der Waals surface area (Å²) in [4.78, 5) is 0. The van der Waals surface area contributed by atoms with Crippen LogP contribution in [0.2, 0.25) is 0 Å². The van der Waals surface area contributed by atoms with Gasteiger partial charge in [0.25, 0.3) is 0 Å². The number of ether oxygens (including phenoxy) is 1. The maximum Gasteiger partial charge on any atom is 0.0694 e. The molecule has 1 atom stereocenters. The highest BCUT2D eigenvalue weighted by Gasteiger charge is 2.38. The largest absolute Gasteiger partial charge is 0.378 e. The summed E-state index contributed by atoms with van der Waals surface area (Å²) in [5.74, 6) is 5.69. The third kappa shape index (κ3) is 3.10. The summed E-state index contributed by atoms with van der Waals surface area (Å²) in [7, 11) is 1.82. The minimum absolute atomic E-state index is 0.0712. The lowest BCUT2D eigenvalue weighted by Crippen LogP contribution is -2.48. The van der Waals surface area contributed by atoms with E-state index in [0.29, 0.717) is 0 Å². The van der Waals surface area contributed by atoms with Gasteiger partial charge in [-0.2, -0.15) is 0 Å². The van der Waals surface area contributed by atoms with E-state index in [9.17, 15) is 0 Å². The Morgan fingerprint density at radius 3 is 2.44 bits per heavy atom. The van der Waals surface area contributed by atoms with Gasteiger partial charge in [0.05, 0.1) is 5.60 Å². The van der Waals surface area contributed by atoms with E-state index in [1.54, 1.807) is 0 Å².